The molecule has 3 nitrogen and oxygen atoms in total. The van der Waals surface area contributed by atoms with Crippen LogP contribution in [-0.4, -0.2) is 16.6 Å². The van der Waals surface area contributed by atoms with E-state index in [9.17, 15) is 0 Å². The number of aryl methyl sites for hydroxylation is 1. The van der Waals surface area contributed by atoms with E-state index >= 15 is 0 Å². The number of hydrogen-bond donors (Lipinski definition) is 0. The summed E-state index contributed by atoms with van der Waals surface area (Å²) < 4.78 is 5.25. The molecule has 0 spiro atoms. The third-order valence-electron chi connectivity index (χ3n) is 1.53. The van der Waals surface area contributed by atoms with Crippen LogP contribution in [0.1, 0.15) is 12.1 Å². The van der Waals surface area contributed by atoms with Crippen LogP contribution in [0.3, 0.4) is 0 Å². The second-order valence-corrected chi connectivity index (χ2v) is 2.26. The fraction of sp³-hybridized carbons (Fsp3) is 0.429. The van der Waals surface area contributed by atoms with Gasteiger partial charge < -0.3 is 4.74 Å². The molecule has 1 aliphatic rings. The minimum absolute atomic E-state index is 0.716. The van der Waals surface area contributed by atoms with Gasteiger partial charge in [0.05, 0.1) is 6.61 Å². The fourth-order valence-corrected chi connectivity index (χ4v) is 1.05. The molecule has 1 aliphatic heterocycles. The van der Waals surface area contributed by atoms with E-state index in [0.717, 1.165) is 25.1 Å². The van der Waals surface area contributed by atoms with Crippen molar-refractivity contribution in [2.75, 3.05) is 6.61 Å². The van der Waals surface area contributed by atoms with Crippen molar-refractivity contribution in [1.82, 2.24) is 9.97 Å². The van der Waals surface area contributed by atoms with E-state index in [1.165, 1.54) is 0 Å². The van der Waals surface area contributed by atoms with Gasteiger partial charge in [-0.25, -0.2) is 4.98 Å². The Bertz CT molecular complexity index is 212. The van der Waals surface area contributed by atoms with Gasteiger partial charge in [-0.05, 0) is 12.8 Å². The Labute approximate surface area is 59.1 Å². The van der Waals surface area contributed by atoms with Crippen LogP contribution in [0, 0.1) is 0 Å². The first-order chi connectivity index (χ1) is 4.97. The maximum absolute atomic E-state index is 5.25. The summed E-state index contributed by atoms with van der Waals surface area (Å²) in [6, 6.07) is 0. The SMILES string of the molecule is c1cnc2c(n1)CCCO2. The largest absolute Gasteiger partial charge is 0.476 e. The first-order valence-corrected chi connectivity index (χ1v) is 3.39. The first-order valence-electron chi connectivity index (χ1n) is 3.39. The molecule has 0 saturated heterocycles. The van der Waals surface area contributed by atoms with Crippen molar-refractivity contribution >= 4 is 0 Å². The second kappa shape index (κ2) is 2.25. The Morgan fingerprint density at radius 2 is 2.20 bits per heavy atom. The summed E-state index contributed by atoms with van der Waals surface area (Å²) >= 11 is 0. The van der Waals surface area contributed by atoms with Crippen molar-refractivity contribution in [3.05, 3.63) is 18.1 Å². The highest BCUT2D eigenvalue weighted by Crippen LogP contribution is 2.17. The molecule has 1 aromatic heterocycles. The van der Waals surface area contributed by atoms with Crippen molar-refractivity contribution in [1.29, 1.82) is 0 Å². The van der Waals surface area contributed by atoms with E-state index in [1.807, 2.05) is 0 Å². The Hall–Kier alpha value is -1.12. The van der Waals surface area contributed by atoms with Crippen LogP contribution >= 0.6 is 0 Å². The average Bonchev–Trinajstić information content (AvgIpc) is 2.05. The molecule has 52 valence electrons. The standard InChI is InChI=1S/C7H8N2O/c1-2-6-7(10-5-1)9-4-3-8-6/h3-4H,1-2,5H2. The van der Waals surface area contributed by atoms with Gasteiger partial charge in [-0.15, -0.1) is 0 Å². The number of hydrogen-bond acceptors (Lipinski definition) is 3. The number of ether oxygens (including phenoxy) is 1. The summed E-state index contributed by atoms with van der Waals surface area (Å²) in [5, 5.41) is 0. The lowest BCUT2D eigenvalue weighted by atomic mass is 10.2. The Balaban J connectivity index is 2.41. The van der Waals surface area contributed by atoms with E-state index in [0.29, 0.717) is 5.88 Å². The van der Waals surface area contributed by atoms with E-state index < -0.39 is 0 Å². The van der Waals surface area contributed by atoms with E-state index in [1.54, 1.807) is 12.4 Å². The molecule has 0 aliphatic carbocycles. The summed E-state index contributed by atoms with van der Waals surface area (Å²) in [5.74, 6) is 0.716. The van der Waals surface area contributed by atoms with E-state index in [-0.39, 0.29) is 0 Å². The maximum Gasteiger partial charge on any atom is 0.235 e. The van der Waals surface area contributed by atoms with Crippen molar-refractivity contribution in [3.8, 4) is 5.88 Å². The third kappa shape index (κ3) is 0.835. The van der Waals surface area contributed by atoms with Gasteiger partial charge in [0.25, 0.3) is 0 Å². The Morgan fingerprint density at radius 3 is 3.10 bits per heavy atom. The summed E-state index contributed by atoms with van der Waals surface area (Å²) in [4.78, 5) is 8.17. The second-order valence-electron chi connectivity index (χ2n) is 2.26. The minimum atomic E-state index is 0.716. The lowest BCUT2D eigenvalue weighted by molar-refractivity contribution is 0.272. The maximum atomic E-state index is 5.25. The Kier molecular flexibility index (Phi) is 1.27. The van der Waals surface area contributed by atoms with Gasteiger partial charge in [0.1, 0.15) is 5.69 Å². The summed E-state index contributed by atoms with van der Waals surface area (Å²) in [5.41, 5.74) is 0.994. The topological polar surface area (TPSA) is 35.0 Å². The molecular formula is C7H8N2O. The van der Waals surface area contributed by atoms with Crippen molar-refractivity contribution in [3.63, 3.8) is 0 Å². The van der Waals surface area contributed by atoms with Gasteiger partial charge >= 0.3 is 0 Å². The summed E-state index contributed by atoms with van der Waals surface area (Å²) in [6.45, 7) is 0.783. The molecule has 10 heavy (non-hydrogen) atoms. The van der Waals surface area contributed by atoms with E-state index in [4.69, 9.17) is 4.74 Å². The molecule has 3 heteroatoms. The molecule has 0 fully saturated rings. The molecule has 0 saturated carbocycles. The molecule has 0 radical (unpaired) electrons. The smallest absolute Gasteiger partial charge is 0.235 e. The van der Waals surface area contributed by atoms with Crippen LogP contribution in [0.15, 0.2) is 12.4 Å². The zero-order valence-electron chi connectivity index (χ0n) is 5.58. The monoisotopic (exact) mass is 136 g/mol. The molecule has 0 atom stereocenters. The molecular weight excluding hydrogens is 128 g/mol. The predicted molar refractivity (Wildman–Crippen MR) is 35.8 cm³/mol. The molecule has 0 aromatic carbocycles. The van der Waals surface area contributed by atoms with Gasteiger partial charge in [-0.1, -0.05) is 0 Å². The lowest BCUT2D eigenvalue weighted by Crippen LogP contribution is -2.10. The molecule has 0 N–H and O–H groups in total. The number of fused-ring (bicyclic) bond motifs is 1. The van der Waals surface area contributed by atoms with Crippen LogP contribution in [0.2, 0.25) is 0 Å². The summed E-state index contributed by atoms with van der Waals surface area (Å²) in [7, 11) is 0. The van der Waals surface area contributed by atoms with Crippen molar-refractivity contribution in [2.45, 2.75) is 12.8 Å². The van der Waals surface area contributed by atoms with Crippen LogP contribution < -0.4 is 4.74 Å². The zero-order valence-corrected chi connectivity index (χ0v) is 5.58. The molecule has 0 amide bonds. The first kappa shape index (κ1) is 5.65. The fourth-order valence-electron chi connectivity index (χ4n) is 1.05. The van der Waals surface area contributed by atoms with Crippen LogP contribution in [-0.2, 0) is 6.42 Å². The highest BCUT2D eigenvalue weighted by Gasteiger charge is 2.10. The molecule has 2 rings (SSSR count). The quantitative estimate of drug-likeness (QED) is 0.529. The third-order valence-corrected chi connectivity index (χ3v) is 1.53. The number of aromatic nitrogens is 2. The molecule has 0 bridgehead atoms. The molecule has 0 unspecified atom stereocenters. The normalized spacial score (nSPS) is 15.6. The van der Waals surface area contributed by atoms with Gasteiger partial charge in [-0.3, -0.25) is 4.98 Å². The molecule has 2 heterocycles. The minimum Gasteiger partial charge on any atom is -0.476 e. The van der Waals surface area contributed by atoms with Gasteiger partial charge in [0.15, 0.2) is 0 Å². The zero-order chi connectivity index (χ0) is 6.81. The number of rotatable bonds is 0. The van der Waals surface area contributed by atoms with Crippen LogP contribution in [0.5, 0.6) is 5.88 Å². The van der Waals surface area contributed by atoms with Crippen LogP contribution in [0.25, 0.3) is 0 Å². The highest BCUT2D eigenvalue weighted by molar-refractivity contribution is 5.18. The van der Waals surface area contributed by atoms with Crippen LogP contribution in [0.4, 0.5) is 0 Å². The Morgan fingerprint density at radius 1 is 1.30 bits per heavy atom. The molecule has 1 aromatic rings. The average molecular weight is 136 g/mol. The number of nitrogens with zero attached hydrogens (tertiary/aromatic N) is 2. The van der Waals surface area contributed by atoms with Gasteiger partial charge in [0, 0.05) is 12.4 Å². The van der Waals surface area contributed by atoms with Crippen molar-refractivity contribution < 1.29 is 4.74 Å². The van der Waals surface area contributed by atoms with Crippen molar-refractivity contribution in [2.24, 2.45) is 0 Å². The summed E-state index contributed by atoms with van der Waals surface area (Å²) in [6.07, 6.45) is 5.42. The highest BCUT2D eigenvalue weighted by atomic mass is 16.5. The van der Waals surface area contributed by atoms with Gasteiger partial charge in [-0.2, -0.15) is 0 Å². The van der Waals surface area contributed by atoms with E-state index in [2.05, 4.69) is 9.97 Å². The van der Waals surface area contributed by atoms with Gasteiger partial charge in [0.2, 0.25) is 5.88 Å². The lowest BCUT2D eigenvalue weighted by Gasteiger charge is -2.13. The predicted octanol–water partition coefficient (Wildman–Crippen LogP) is 0.802.